The van der Waals surface area contributed by atoms with Gasteiger partial charge in [-0.2, -0.15) is 0 Å². The third kappa shape index (κ3) is 3.10. The first-order chi connectivity index (χ1) is 9.65. The van der Waals surface area contributed by atoms with E-state index >= 15 is 0 Å². The lowest BCUT2D eigenvalue weighted by atomic mass is 9.97. The van der Waals surface area contributed by atoms with Crippen LogP contribution >= 0.6 is 0 Å². The molecule has 1 aliphatic rings. The van der Waals surface area contributed by atoms with Crippen LogP contribution in [0.5, 0.6) is 5.75 Å². The molecule has 1 aliphatic heterocycles. The van der Waals surface area contributed by atoms with E-state index in [1.807, 2.05) is 0 Å². The van der Waals surface area contributed by atoms with Gasteiger partial charge in [-0.15, -0.1) is 0 Å². The van der Waals surface area contributed by atoms with Gasteiger partial charge in [0.1, 0.15) is 5.75 Å². The van der Waals surface area contributed by atoms with Crippen LogP contribution in [0, 0.1) is 5.92 Å². The molecular weight excluding hydrogens is 258 g/mol. The van der Waals surface area contributed by atoms with Gasteiger partial charge in [-0.3, -0.25) is 9.59 Å². The van der Waals surface area contributed by atoms with Crippen molar-refractivity contribution in [3.05, 3.63) is 29.8 Å². The van der Waals surface area contributed by atoms with Gasteiger partial charge in [0, 0.05) is 18.7 Å². The Labute approximate surface area is 118 Å². The van der Waals surface area contributed by atoms with E-state index in [9.17, 15) is 9.59 Å². The Morgan fingerprint density at radius 3 is 2.50 bits per heavy atom. The highest BCUT2D eigenvalue weighted by Crippen LogP contribution is 2.20. The second kappa shape index (κ2) is 6.41. The van der Waals surface area contributed by atoms with Gasteiger partial charge in [-0.05, 0) is 37.1 Å². The molecule has 1 saturated heterocycles. The molecule has 0 bridgehead atoms. The summed E-state index contributed by atoms with van der Waals surface area (Å²) in [5, 5.41) is 0. The number of likely N-dealkylation sites (tertiary alicyclic amines) is 1. The number of hydrogen-bond acceptors (Lipinski definition) is 4. The van der Waals surface area contributed by atoms with Gasteiger partial charge in [0.15, 0.2) is 0 Å². The number of nitrogens with zero attached hydrogens (tertiary/aromatic N) is 1. The number of rotatable bonds is 3. The molecule has 0 aromatic heterocycles. The molecule has 1 aromatic rings. The van der Waals surface area contributed by atoms with Crippen molar-refractivity contribution >= 4 is 11.9 Å². The summed E-state index contributed by atoms with van der Waals surface area (Å²) in [4.78, 5) is 25.7. The quantitative estimate of drug-likeness (QED) is 0.789. The molecule has 0 aliphatic carbocycles. The van der Waals surface area contributed by atoms with E-state index in [2.05, 4.69) is 0 Å². The lowest BCUT2D eigenvalue weighted by molar-refractivity contribution is -0.146. The zero-order valence-electron chi connectivity index (χ0n) is 11.8. The molecular formula is C15H19NO4. The fourth-order valence-corrected chi connectivity index (χ4v) is 2.44. The molecule has 0 radical (unpaired) electrons. The topological polar surface area (TPSA) is 55.8 Å². The van der Waals surface area contributed by atoms with Gasteiger partial charge in [0.25, 0.3) is 5.91 Å². The van der Waals surface area contributed by atoms with Gasteiger partial charge in [-0.1, -0.05) is 0 Å². The zero-order valence-corrected chi connectivity index (χ0v) is 11.8. The van der Waals surface area contributed by atoms with Gasteiger partial charge < -0.3 is 14.4 Å². The van der Waals surface area contributed by atoms with Crippen LogP contribution in [0.25, 0.3) is 0 Å². The van der Waals surface area contributed by atoms with Crippen molar-refractivity contribution in [3.8, 4) is 5.75 Å². The highest BCUT2D eigenvalue weighted by Gasteiger charge is 2.29. The van der Waals surface area contributed by atoms with Crippen LogP contribution in [0.4, 0.5) is 0 Å². The second-order valence-electron chi connectivity index (χ2n) is 4.84. The molecule has 2 rings (SSSR count). The van der Waals surface area contributed by atoms with Crippen molar-refractivity contribution in [3.63, 3.8) is 0 Å². The number of esters is 1. The van der Waals surface area contributed by atoms with Crippen molar-refractivity contribution < 1.29 is 19.1 Å². The number of carbonyl (C=O) groups excluding carboxylic acids is 2. The number of amides is 1. The fourth-order valence-electron chi connectivity index (χ4n) is 2.44. The molecule has 1 fully saturated rings. The first kappa shape index (κ1) is 14.4. The predicted molar refractivity (Wildman–Crippen MR) is 73.6 cm³/mol. The molecule has 0 spiro atoms. The second-order valence-corrected chi connectivity index (χ2v) is 4.84. The summed E-state index contributed by atoms with van der Waals surface area (Å²) in [6, 6.07) is 7.00. The molecule has 0 N–H and O–H groups in total. The lowest BCUT2D eigenvalue weighted by Crippen LogP contribution is -2.42. The molecule has 1 atom stereocenters. The Kier molecular flexibility index (Phi) is 4.61. The molecule has 1 amide bonds. The smallest absolute Gasteiger partial charge is 0.310 e. The zero-order chi connectivity index (χ0) is 14.5. The van der Waals surface area contributed by atoms with Crippen LogP contribution in [0.15, 0.2) is 24.3 Å². The number of piperidine rings is 1. The summed E-state index contributed by atoms with van der Waals surface area (Å²) in [7, 11) is 2.97. The predicted octanol–water partition coefficient (Wildman–Crippen LogP) is 1.72. The van der Waals surface area contributed by atoms with Gasteiger partial charge in [-0.25, -0.2) is 0 Å². The average Bonchev–Trinajstić information content (AvgIpc) is 2.53. The Hall–Kier alpha value is -2.04. The third-order valence-electron chi connectivity index (χ3n) is 3.58. The number of hydrogen-bond donors (Lipinski definition) is 0. The largest absolute Gasteiger partial charge is 0.497 e. The summed E-state index contributed by atoms with van der Waals surface area (Å²) in [6.07, 6.45) is 1.60. The van der Waals surface area contributed by atoms with Crippen molar-refractivity contribution in [2.24, 2.45) is 5.92 Å². The number of ether oxygens (including phenoxy) is 2. The summed E-state index contributed by atoms with van der Waals surface area (Å²) in [6.45, 7) is 1.11. The highest BCUT2D eigenvalue weighted by molar-refractivity contribution is 5.94. The van der Waals surface area contributed by atoms with Gasteiger partial charge >= 0.3 is 5.97 Å². The Morgan fingerprint density at radius 2 is 1.90 bits per heavy atom. The molecule has 108 valence electrons. The monoisotopic (exact) mass is 277 g/mol. The van der Waals surface area contributed by atoms with Crippen LogP contribution in [-0.4, -0.2) is 44.1 Å². The molecule has 5 heteroatoms. The average molecular weight is 277 g/mol. The maximum absolute atomic E-state index is 12.4. The molecule has 5 nitrogen and oxygen atoms in total. The normalized spacial score (nSPS) is 18.5. The maximum atomic E-state index is 12.4. The Bertz CT molecular complexity index is 483. The van der Waals surface area contributed by atoms with Crippen LogP contribution in [0.3, 0.4) is 0 Å². The number of carbonyl (C=O) groups is 2. The standard InChI is InChI=1S/C15H19NO4/c1-19-13-7-5-11(6-8-13)14(17)16-9-3-4-12(10-16)15(18)20-2/h5-8,12H,3-4,9-10H2,1-2H3/t12-/m0/s1. The maximum Gasteiger partial charge on any atom is 0.310 e. The van der Waals surface area contributed by atoms with Crippen LogP contribution in [-0.2, 0) is 9.53 Å². The molecule has 1 heterocycles. The van der Waals surface area contributed by atoms with E-state index in [4.69, 9.17) is 9.47 Å². The third-order valence-corrected chi connectivity index (χ3v) is 3.58. The molecule has 1 aromatic carbocycles. The summed E-state index contributed by atoms with van der Waals surface area (Å²) >= 11 is 0. The Balaban J connectivity index is 2.05. The van der Waals surface area contributed by atoms with Crippen molar-refractivity contribution in [1.29, 1.82) is 0 Å². The van der Waals surface area contributed by atoms with Crippen LogP contribution < -0.4 is 4.74 Å². The van der Waals surface area contributed by atoms with E-state index in [0.717, 1.165) is 12.8 Å². The lowest BCUT2D eigenvalue weighted by Gasteiger charge is -2.31. The minimum absolute atomic E-state index is 0.0544. The minimum atomic E-state index is -0.239. The minimum Gasteiger partial charge on any atom is -0.497 e. The number of methoxy groups -OCH3 is 2. The van der Waals surface area contributed by atoms with E-state index in [1.165, 1.54) is 7.11 Å². The van der Waals surface area contributed by atoms with Crippen LogP contribution in [0.1, 0.15) is 23.2 Å². The van der Waals surface area contributed by atoms with E-state index in [0.29, 0.717) is 24.4 Å². The van der Waals surface area contributed by atoms with Gasteiger partial charge in [0.05, 0.1) is 20.1 Å². The van der Waals surface area contributed by atoms with Crippen LogP contribution in [0.2, 0.25) is 0 Å². The Morgan fingerprint density at radius 1 is 1.20 bits per heavy atom. The summed E-state index contributed by atoms with van der Waals surface area (Å²) in [5.74, 6) is 0.210. The molecule has 0 unspecified atom stereocenters. The van der Waals surface area contributed by atoms with Gasteiger partial charge in [0.2, 0.25) is 0 Å². The van der Waals surface area contributed by atoms with Crippen molar-refractivity contribution in [2.45, 2.75) is 12.8 Å². The SMILES string of the molecule is COC(=O)[C@H]1CCCN(C(=O)c2ccc(OC)cc2)C1. The summed E-state index contributed by atoms with van der Waals surface area (Å²) in [5.41, 5.74) is 0.608. The van der Waals surface area contributed by atoms with Crippen molar-refractivity contribution in [2.75, 3.05) is 27.3 Å². The highest BCUT2D eigenvalue weighted by atomic mass is 16.5. The molecule has 0 saturated carbocycles. The summed E-state index contributed by atoms with van der Waals surface area (Å²) < 4.78 is 9.83. The van der Waals surface area contributed by atoms with E-state index in [1.54, 1.807) is 36.3 Å². The van der Waals surface area contributed by atoms with E-state index < -0.39 is 0 Å². The first-order valence-corrected chi connectivity index (χ1v) is 6.67. The fraction of sp³-hybridized carbons (Fsp3) is 0.467. The first-order valence-electron chi connectivity index (χ1n) is 6.67. The van der Waals surface area contributed by atoms with E-state index in [-0.39, 0.29) is 17.8 Å². The van der Waals surface area contributed by atoms with Crippen molar-refractivity contribution in [1.82, 2.24) is 4.90 Å². The number of benzene rings is 1. The molecule has 20 heavy (non-hydrogen) atoms.